The van der Waals surface area contributed by atoms with Crippen LogP contribution >= 0.6 is 11.6 Å². The number of carbonyl (C=O) groups excluding carboxylic acids is 2. The Morgan fingerprint density at radius 3 is 2.10 bits per heavy atom. The molecule has 0 aromatic heterocycles. The number of rotatable bonds is 5. The lowest BCUT2D eigenvalue weighted by Crippen LogP contribution is -2.41. The Labute approximate surface area is 176 Å². The van der Waals surface area contributed by atoms with Crippen molar-refractivity contribution < 1.29 is 22.4 Å². The number of anilines is 1. The lowest BCUT2D eigenvalue weighted by atomic mass is 10.2. The fraction of sp³-hybridized carbons (Fsp3) is 0. The highest BCUT2D eigenvalue weighted by Crippen LogP contribution is 2.20. The number of nitrogens with one attached hydrogen (secondary N) is 3. The van der Waals surface area contributed by atoms with Gasteiger partial charge in [0.2, 0.25) is 0 Å². The van der Waals surface area contributed by atoms with E-state index in [4.69, 9.17) is 11.6 Å². The van der Waals surface area contributed by atoms with Gasteiger partial charge < -0.3 is 0 Å². The largest absolute Gasteiger partial charge is 0.280 e. The molecule has 0 bridgehead atoms. The standard InChI is InChI=1S/C20H15ClFN3O4S/c21-15-4-2-5-17(12-15)25-30(28,29)18-6-1-3-14(11-18)20(27)24-23-19(26)13-7-9-16(22)10-8-13/h1-12,25H,(H,23,26)(H,24,27). The molecule has 3 aromatic carbocycles. The Morgan fingerprint density at radius 1 is 0.800 bits per heavy atom. The minimum atomic E-state index is -3.98. The molecule has 0 aliphatic rings. The quantitative estimate of drug-likeness (QED) is 0.521. The second-order valence-corrected chi connectivity index (χ2v) is 8.18. The number of hydrogen-bond acceptors (Lipinski definition) is 4. The molecule has 0 atom stereocenters. The van der Waals surface area contributed by atoms with Crippen LogP contribution in [0.4, 0.5) is 10.1 Å². The van der Waals surface area contributed by atoms with Crippen molar-refractivity contribution in [3.05, 3.63) is 94.8 Å². The molecular formula is C20H15ClFN3O4S. The van der Waals surface area contributed by atoms with E-state index in [0.717, 1.165) is 18.2 Å². The molecule has 0 heterocycles. The summed E-state index contributed by atoms with van der Waals surface area (Å²) in [6, 6.07) is 16.2. The van der Waals surface area contributed by atoms with Gasteiger partial charge in [-0.2, -0.15) is 0 Å². The number of halogens is 2. The van der Waals surface area contributed by atoms with E-state index in [1.54, 1.807) is 12.1 Å². The summed E-state index contributed by atoms with van der Waals surface area (Å²) in [6.07, 6.45) is 0. The lowest BCUT2D eigenvalue weighted by Gasteiger charge is -2.11. The molecule has 0 unspecified atom stereocenters. The molecule has 0 spiro atoms. The molecule has 0 saturated heterocycles. The van der Waals surface area contributed by atoms with Gasteiger partial charge in [-0.15, -0.1) is 0 Å². The predicted octanol–water partition coefficient (Wildman–Crippen LogP) is 3.35. The average Bonchev–Trinajstić information content (AvgIpc) is 2.72. The first-order valence-electron chi connectivity index (χ1n) is 8.49. The van der Waals surface area contributed by atoms with Crippen LogP contribution < -0.4 is 15.6 Å². The van der Waals surface area contributed by atoms with E-state index >= 15 is 0 Å². The minimum Gasteiger partial charge on any atom is -0.280 e. The Bertz CT molecular complexity index is 1200. The summed E-state index contributed by atoms with van der Waals surface area (Å²) in [5, 5.41) is 0.361. The first kappa shape index (κ1) is 21.3. The number of hydrogen-bond donors (Lipinski definition) is 3. The van der Waals surface area contributed by atoms with E-state index in [0.29, 0.717) is 5.02 Å². The summed E-state index contributed by atoms with van der Waals surface area (Å²) in [4.78, 5) is 24.1. The van der Waals surface area contributed by atoms with Crippen molar-refractivity contribution in [1.29, 1.82) is 0 Å². The molecular weight excluding hydrogens is 433 g/mol. The zero-order valence-electron chi connectivity index (χ0n) is 15.2. The smallest absolute Gasteiger partial charge is 0.269 e. The fourth-order valence-electron chi connectivity index (χ4n) is 2.43. The molecule has 0 aliphatic carbocycles. The Balaban J connectivity index is 1.70. The Morgan fingerprint density at radius 2 is 1.43 bits per heavy atom. The van der Waals surface area contributed by atoms with Crippen LogP contribution in [-0.4, -0.2) is 20.2 Å². The number of carbonyl (C=O) groups is 2. The van der Waals surface area contributed by atoms with Crippen LogP contribution in [-0.2, 0) is 10.0 Å². The third-order valence-electron chi connectivity index (χ3n) is 3.88. The normalized spacial score (nSPS) is 10.9. The second-order valence-electron chi connectivity index (χ2n) is 6.06. The first-order valence-corrected chi connectivity index (χ1v) is 10.4. The molecule has 0 aliphatic heterocycles. The van der Waals surface area contributed by atoms with Crippen molar-refractivity contribution in [1.82, 2.24) is 10.9 Å². The van der Waals surface area contributed by atoms with E-state index < -0.39 is 27.7 Å². The number of sulfonamides is 1. The zero-order chi connectivity index (χ0) is 21.7. The molecule has 10 heteroatoms. The molecule has 3 aromatic rings. The maximum atomic E-state index is 12.9. The van der Waals surface area contributed by atoms with Gasteiger partial charge in [0.25, 0.3) is 21.8 Å². The van der Waals surface area contributed by atoms with Crippen molar-refractivity contribution in [3.8, 4) is 0 Å². The zero-order valence-corrected chi connectivity index (χ0v) is 16.8. The predicted molar refractivity (Wildman–Crippen MR) is 110 cm³/mol. The van der Waals surface area contributed by atoms with Gasteiger partial charge >= 0.3 is 0 Å². The van der Waals surface area contributed by atoms with Crippen LogP contribution in [0, 0.1) is 5.82 Å². The summed E-state index contributed by atoms with van der Waals surface area (Å²) in [5.74, 6) is -1.89. The first-order chi connectivity index (χ1) is 14.2. The van der Waals surface area contributed by atoms with Crippen molar-refractivity contribution >= 4 is 39.1 Å². The SMILES string of the molecule is O=C(NNC(=O)c1cccc(S(=O)(=O)Nc2cccc(Cl)c2)c1)c1ccc(F)cc1. The van der Waals surface area contributed by atoms with Gasteiger partial charge in [0, 0.05) is 16.1 Å². The van der Waals surface area contributed by atoms with Crippen molar-refractivity contribution in [2.24, 2.45) is 0 Å². The maximum absolute atomic E-state index is 12.9. The highest BCUT2D eigenvalue weighted by molar-refractivity contribution is 7.92. The van der Waals surface area contributed by atoms with Crippen LogP contribution in [0.5, 0.6) is 0 Å². The molecule has 7 nitrogen and oxygen atoms in total. The molecule has 0 radical (unpaired) electrons. The van der Waals surface area contributed by atoms with Gasteiger partial charge in [0.1, 0.15) is 5.82 Å². The van der Waals surface area contributed by atoms with Gasteiger partial charge in [0.05, 0.1) is 10.6 Å². The maximum Gasteiger partial charge on any atom is 0.269 e. The van der Waals surface area contributed by atoms with Gasteiger partial charge in [-0.3, -0.25) is 25.2 Å². The summed E-state index contributed by atoms with van der Waals surface area (Å²) >= 11 is 5.86. The molecule has 30 heavy (non-hydrogen) atoms. The van der Waals surface area contributed by atoms with E-state index in [2.05, 4.69) is 15.6 Å². The summed E-state index contributed by atoms with van der Waals surface area (Å²) in [7, 11) is -3.98. The summed E-state index contributed by atoms with van der Waals surface area (Å²) in [6.45, 7) is 0. The summed E-state index contributed by atoms with van der Waals surface area (Å²) in [5.41, 5.74) is 4.77. The lowest BCUT2D eigenvalue weighted by molar-refractivity contribution is 0.0846. The van der Waals surface area contributed by atoms with Crippen molar-refractivity contribution in [3.63, 3.8) is 0 Å². The van der Waals surface area contributed by atoms with E-state index in [1.165, 1.54) is 42.5 Å². The van der Waals surface area contributed by atoms with Crippen molar-refractivity contribution in [2.45, 2.75) is 4.90 Å². The van der Waals surface area contributed by atoms with E-state index in [9.17, 15) is 22.4 Å². The molecule has 0 saturated carbocycles. The van der Waals surface area contributed by atoms with E-state index in [-0.39, 0.29) is 21.7 Å². The monoisotopic (exact) mass is 447 g/mol. The third-order valence-corrected chi connectivity index (χ3v) is 5.49. The molecule has 3 N–H and O–H groups in total. The molecule has 3 rings (SSSR count). The van der Waals surface area contributed by atoms with Crippen LogP contribution in [0.15, 0.2) is 77.7 Å². The van der Waals surface area contributed by atoms with Gasteiger partial charge in [-0.25, -0.2) is 12.8 Å². The van der Waals surface area contributed by atoms with Gasteiger partial charge in [-0.05, 0) is 60.7 Å². The van der Waals surface area contributed by atoms with E-state index in [1.807, 2.05) is 0 Å². The van der Waals surface area contributed by atoms with Crippen LogP contribution in [0.25, 0.3) is 0 Å². The fourth-order valence-corrected chi connectivity index (χ4v) is 3.71. The van der Waals surface area contributed by atoms with Gasteiger partial charge in [0.15, 0.2) is 0 Å². The molecule has 2 amide bonds. The number of benzene rings is 3. The highest BCUT2D eigenvalue weighted by Gasteiger charge is 2.17. The third kappa shape index (κ3) is 5.34. The van der Waals surface area contributed by atoms with Crippen LogP contribution in [0.1, 0.15) is 20.7 Å². The second kappa shape index (κ2) is 8.93. The van der Waals surface area contributed by atoms with Crippen molar-refractivity contribution in [2.75, 3.05) is 4.72 Å². The minimum absolute atomic E-state index is 0.00313. The number of amides is 2. The van der Waals surface area contributed by atoms with Crippen LogP contribution in [0.3, 0.4) is 0 Å². The van der Waals surface area contributed by atoms with Gasteiger partial charge in [-0.1, -0.05) is 23.7 Å². The number of hydrazine groups is 1. The topological polar surface area (TPSA) is 104 Å². The average molecular weight is 448 g/mol. The highest BCUT2D eigenvalue weighted by atomic mass is 35.5. The Kier molecular flexibility index (Phi) is 6.34. The Hall–Kier alpha value is -3.43. The van der Waals surface area contributed by atoms with Crippen LogP contribution in [0.2, 0.25) is 5.02 Å². The molecule has 0 fully saturated rings. The molecule has 154 valence electrons. The summed E-state index contributed by atoms with van der Waals surface area (Å²) < 4.78 is 40.4.